The van der Waals surface area contributed by atoms with E-state index in [1.54, 1.807) is 30.0 Å². The van der Waals surface area contributed by atoms with Crippen LogP contribution in [0.15, 0.2) is 59.5 Å². The molecule has 152 valence electrons. The highest BCUT2D eigenvalue weighted by atomic mass is 19.1. The van der Waals surface area contributed by atoms with Gasteiger partial charge in [-0.25, -0.2) is 18.7 Å². The minimum absolute atomic E-state index is 0.277. The summed E-state index contributed by atoms with van der Waals surface area (Å²) in [6.45, 7) is 0.298. The lowest BCUT2D eigenvalue weighted by molar-refractivity contribution is 0.408. The lowest BCUT2D eigenvalue weighted by Crippen LogP contribution is -2.24. The van der Waals surface area contributed by atoms with Crippen molar-refractivity contribution in [3.8, 4) is 11.4 Å². The quantitative estimate of drug-likeness (QED) is 0.533. The van der Waals surface area contributed by atoms with Gasteiger partial charge in [-0.15, -0.1) is 0 Å². The van der Waals surface area contributed by atoms with Crippen LogP contribution in [0, 0.1) is 5.82 Å². The fourth-order valence-corrected chi connectivity index (χ4v) is 3.50. The van der Waals surface area contributed by atoms with Crippen LogP contribution >= 0.6 is 0 Å². The number of fused-ring (bicyclic) bond motifs is 1. The number of ether oxygens (including phenoxy) is 1. The van der Waals surface area contributed by atoms with Crippen LogP contribution in [0.5, 0.6) is 5.75 Å². The number of nitrogens with zero attached hydrogens (tertiary/aromatic N) is 4. The van der Waals surface area contributed by atoms with E-state index in [-0.39, 0.29) is 11.5 Å². The number of halogens is 1. The maximum atomic E-state index is 13.5. The van der Waals surface area contributed by atoms with Crippen LogP contribution in [0.25, 0.3) is 16.9 Å². The maximum absolute atomic E-state index is 13.5. The van der Waals surface area contributed by atoms with E-state index in [9.17, 15) is 9.18 Å². The van der Waals surface area contributed by atoms with E-state index >= 15 is 0 Å². The second-order valence-corrected chi connectivity index (χ2v) is 7.31. The Morgan fingerprint density at radius 1 is 1.17 bits per heavy atom. The molecule has 1 fully saturated rings. The standard InChI is InChI=1S/C22H20FN5O2/c1-30-19-5-3-2-4-14(19)13-27-18-12-24-21(25-16-8-9-16)26-20(18)28(22(27)29)17-10-6-15(23)7-11-17/h2-7,10-12,16H,8-9,13H2,1H3,(H,24,25,26). The zero-order valence-electron chi connectivity index (χ0n) is 16.4. The molecule has 1 aliphatic carbocycles. The van der Waals surface area contributed by atoms with E-state index < -0.39 is 0 Å². The molecule has 8 heteroatoms. The number of imidazole rings is 1. The Hall–Kier alpha value is -3.68. The lowest BCUT2D eigenvalue weighted by atomic mass is 10.2. The average molecular weight is 405 g/mol. The fraction of sp³-hybridized carbons (Fsp3) is 0.227. The number of nitrogens with one attached hydrogen (secondary N) is 1. The highest BCUT2D eigenvalue weighted by molar-refractivity contribution is 5.74. The van der Waals surface area contributed by atoms with E-state index in [4.69, 9.17) is 4.74 Å². The first-order valence-electron chi connectivity index (χ1n) is 9.76. The summed E-state index contributed by atoms with van der Waals surface area (Å²) in [5, 5.41) is 3.27. The summed E-state index contributed by atoms with van der Waals surface area (Å²) in [5.41, 5.74) is 2.19. The third-order valence-electron chi connectivity index (χ3n) is 5.19. The van der Waals surface area contributed by atoms with Gasteiger partial charge in [-0.1, -0.05) is 18.2 Å². The zero-order chi connectivity index (χ0) is 20.7. The molecule has 1 saturated carbocycles. The largest absolute Gasteiger partial charge is 0.496 e. The van der Waals surface area contributed by atoms with E-state index in [0.29, 0.717) is 41.1 Å². The number of benzene rings is 2. The van der Waals surface area contributed by atoms with Crippen molar-refractivity contribution in [1.82, 2.24) is 19.1 Å². The molecule has 0 unspecified atom stereocenters. The molecular formula is C22H20FN5O2. The summed E-state index contributed by atoms with van der Waals surface area (Å²) in [6, 6.07) is 13.7. The first-order chi connectivity index (χ1) is 14.6. The van der Waals surface area contributed by atoms with Crippen LogP contribution in [0.3, 0.4) is 0 Å². The number of hydrogen-bond donors (Lipinski definition) is 1. The molecule has 1 N–H and O–H groups in total. The van der Waals surface area contributed by atoms with Crippen molar-refractivity contribution in [1.29, 1.82) is 0 Å². The first-order valence-corrected chi connectivity index (χ1v) is 9.76. The normalized spacial score (nSPS) is 13.5. The highest BCUT2D eigenvalue weighted by Crippen LogP contribution is 2.25. The molecule has 0 amide bonds. The summed E-state index contributed by atoms with van der Waals surface area (Å²) in [4.78, 5) is 22.4. The molecule has 0 aliphatic heterocycles. The molecule has 0 bridgehead atoms. The van der Waals surface area contributed by atoms with Crippen LogP contribution < -0.4 is 15.7 Å². The smallest absolute Gasteiger partial charge is 0.335 e. The predicted octanol–water partition coefficient (Wildman–Crippen LogP) is 3.35. The number of para-hydroxylation sites is 1. The maximum Gasteiger partial charge on any atom is 0.335 e. The molecule has 0 saturated heterocycles. The second kappa shape index (κ2) is 7.29. The highest BCUT2D eigenvalue weighted by Gasteiger charge is 2.23. The molecule has 2 aromatic heterocycles. The van der Waals surface area contributed by atoms with Crippen molar-refractivity contribution in [2.45, 2.75) is 25.4 Å². The summed E-state index contributed by atoms with van der Waals surface area (Å²) in [7, 11) is 1.60. The van der Waals surface area contributed by atoms with Gasteiger partial charge in [0.1, 0.15) is 17.1 Å². The van der Waals surface area contributed by atoms with E-state index in [0.717, 1.165) is 18.4 Å². The van der Waals surface area contributed by atoms with Crippen molar-refractivity contribution in [3.63, 3.8) is 0 Å². The summed E-state index contributed by atoms with van der Waals surface area (Å²) >= 11 is 0. The number of rotatable bonds is 6. The molecular weight excluding hydrogens is 385 g/mol. The third-order valence-corrected chi connectivity index (χ3v) is 5.19. The van der Waals surface area contributed by atoms with Crippen LogP contribution in [-0.2, 0) is 6.54 Å². The Labute approximate surface area is 171 Å². The first kappa shape index (κ1) is 18.4. The van der Waals surface area contributed by atoms with Crippen molar-refractivity contribution in [2.24, 2.45) is 0 Å². The fourth-order valence-electron chi connectivity index (χ4n) is 3.50. The van der Waals surface area contributed by atoms with Crippen LogP contribution in [-0.4, -0.2) is 32.3 Å². The molecule has 0 spiro atoms. The van der Waals surface area contributed by atoms with E-state index in [1.807, 2.05) is 24.3 Å². The van der Waals surface area contributed by atoms with Crippen molar-refractivity contribution >= 4 is 17.1 Å². The SMILES string of the molecule is COc1ccccc1Cn1c(=O)n(-c2ccc(F)cc2)c2nc(NC3CC3)ncc21. The Bertz CT molecular complexity index is 1280. The number of aromatic nitrogens is 4. The van der Waals surface area contributed by atoms with Gasteiger partial charge in [-0.2, -0.15) is 4.98 Å². The van der Waals surface area contributed by atoms with Gasteiger partial charge in [0.25, 0.3) is 0 Å². The van der Waals surface area contributed by atoms with E-state index in [2.05, 4.69) is 15.3 Å². The molecule has 1 aliphatic rings. The molecule has 0 atom stereocenters. The van der Waals surface area contributed by atoms with Crippen LogP contribution in [0.2, 0.25) is 0 Å². The summed E-state index contributed by atoms with van der Waals surface area (Å²) < 4.78 is 22.0. The van der Waals surface area contributed by atoms with Crippen molar-refractivity contribution in [2.75, 3.05) is 12.4 Å². The average Bonchev–Trinajstić information content (AvgIpc) is 3.54. The van der Waals surface area contributed by atoms with Crippen LogP contribution in [0.1, 0.15) is 18.4 Å². The van der Waals surface area contributed by atoms with Gasteiger partial charge in [-0.3, -0.25) is 4.57 Å². The van der Waals surface area contributed by atoms with Gasteiger partial charge in [-0.05, 0) is 43.2 Å². The van der Waals surface area contributed by atoms with Gasteiger partial charge >= 0.3 is 5.69 Å². The van der Waals surface area contributed by atoms with Crippen molar-refractivity contribution in [3.05, 3.63) is 76.6 Å². The minimum Gasteiger partial charge on any atom is -0.496 e. The molecule has 2 aromatic carbocycles. The molecule has 5 rings (SSSR count). The molecule has 0 radical (unpaired) electrons. The molecule has 4 aromatic rings. The van der Waals surface area contributed by atoms with Crippen molar-refractivity contribution < 1.29 is 9.13 Å². The van der Waals surface area contributed by atoms with Gasteiger partial charge in [0.2, 0.25) is 5.95 Å². The monoisotopic (exact) mass is 405 g/mol. The third kappa shape index (κ3) is 3.30. The van der Waals surface area contributed by atoms with Gasteiger partial charge in [0.05, 0.1) is 25.5 Å². The second-order valence-electron chi connectivity index (χ2n) is 7.31. The molecule has 30 heavy (non-hydrogen) atoms. The topological polar surface area (TPSA) is 74.0 Å². The Kier molecular flexibility index (Phi) is 4.46. The van der Waals surface area contributed by atoms with E-state index in [1.165, 1.54) is 16.7 Å². The predicted molar refractivity (Wildman–Crippen MR) is 112 cm³/mol. The summed E-state index contributed by atoms with van der Waals surface area (Å²) in [5.74, 6) is 0.811. The zero-order valence-corrected chi connectivity index (χ0v) is 16.4. The van der Waals surface area contributed by atoms with Gasteiger partial charge in [0, 0.05) is 11.6 Å². The molecule has 2 heterocycles. The Morgan fingerprint density at radius 2 is 1.93 bits per heavy atom. The lowest BCUT2D eigenvalue weighted by Gasteiger charge is -2.09. The molecule has 7 nitrogen and oxygen atoms in total. The van der Waals surface area contributed by atoms with Gasteiger partial charge in [0.15, 0.2) is 5.65 Å². The Balaban J connectivity index is 1.69. The number of hydrogen-bond acceptors (Lipinski definition) is 5. The van der Waals surface area contributed by atoms with Gasteiger partial charge < -0.3 is 10.1 Å². The Morgan fingerprint density at radius 3 is 2.67 bits per heavy atom. The summed E-state index contributed by atoms with van der Waals surface area (Å²) in [6.07, 6.45) is 3.83. The van der Waals surface area contributed by atoms with Crippen LogP contribution in [0.4, 0.5) is 10.3 Å². The number of anilines is 1. The minimum atomic E-state index is -0.365. The number of methoxy groups -OCH3 is 1.